The van der Waals surface area contributed by atoms with E-state index < -0.39 is 24.5 Å². The first-order chi connectivity index (χ1) is 13.7. The lowest BCUT2D eigenvalue weighted by Crippen LogP contribution is -2.14. The average Bonchev–Trinajstić information content (AvgIpc) is 2.65. The number of anilines is 1. The quantitative estimate of drug-likeness (QED) is 0.245. The summed E-state index contributed by atoms with van der Waals surface area (Å²) in [7, 11) is 0. The van der Waals surface area contributed by atoms with Crippen LogP contribution in [0.1, 0.15) is 15.9 Å². The van der Waals surface area contributed by atoms with Gasteiger partial charge in [0.05, 0.1) is 12.7 Å². The first kappa shape index (κ1) is 22.6. The van der Waals surface area contributed by atoms with Crippen molar-refractivity contribution in [3.8, 4) is 11.8 Å². The summed E-state index contributed by atoms with van der Waals surface area (Å²) in [5.74, 6) is -2.52. The summed E-state index contributed by atoms with van der Waals surface area (Å²) in [6, 6.07) is 10.8. The summed E-state index contributed by atoms with van der Waals surface area (Å²) in [5.41, 5.74) is 0.618. The Labute approximate surface area is 192 Å². The molecule has 0 aromatic heterocycles. The molecule has 2 rings (SSSR count). The van der Waals surface area contributed by atoms with Gasteiger partial charge in [-0.25, -0.2) is 9.59 Å². The molecule has 0 spiro atoms. The molecule has 10 heteroatoms. The van der Waals surface area contributed by atoms with Gasteiger partial charge in [-0.05, 0) is 87.2 Å². The highest BCUT2D eigenvalue weighted by atomic mass is 127. The number of aliphatic carboxylic acids is 1. The van der Waals surface area contributed by atoms with Gasteiger partial charge in [0.15, 0.2) is 6.61 Å². The predicted octanol–water partition coefficient (Wildman–Crippen LogP) is 3.60. The molecular weight excluding hydrogens is 606 g/mol. The molecular formula is C19H12I2N2O6. The zero-order chi connectivity index (χ0) is 21.6. The van der Waals surface area contributed by atoms with Crippen molar-refractivity contribution in [1.82, 2.24) is 0 Å². The number of nitrogens with zero attached hydrogens (tertiary/aromatic N) is 1. The van der Waals surface area contributed by atoms with Crippen LogP contribution in [0.15, 0.2) is 42.0 Å². The monoisotopic (exact) mass is 618 g/mol. The third-order valence-electron chi connectivity index (χ3n) is 3.40. The van der Waals surface area contributed by atoms with Gasteiger partial charge in [0, 0.05) is 5.69 Å². The molecule has 0 unspecified atom stereocenters. The second-order valence-corrected chi connectivity index (χ2v) is 7.83. The van der Waals surface area contributed by atoms with Crippen LogP contribution in [0.3, 0.4) is 0 Å². The number of hydrogen-bond donors (Lipinski definition) is 3. The van der Waals surface area contributed by atoms with E-state index in [9.17, 15) is 19.6 Å². The SMILES string of the molecule is N#C/C(=C/c1cc(I)c(OCC(=O)O)c(I)c1)C(=O)Nc1cccc(C(=O)O)c1. The van der Waals surface area contributed by atoms with Crippen molar-refractivity contribution in [1.29, 1.82) is 5.26 Å². The minimum Gasteiger partial charge on any atom is -0.480 e. The van der Waals surface area contributed by atoms with Crippen LogP contribution in [0.4, 0.5) is 5.69 Å². The van der Waals surface area contributed by atoms with Gasteiger partial charge in [0.2, 0.25) is 0 Å². The number of carbonyl (C=O) groups is 3. The van der Waals surface area contributed by atoms with Gasteiger partial charge < -0.3 is 20.3 Å². The van der Waals surface area contributed by atoms with Gasteiger partial charge in [-0.2, -0.15) is 5.26 Å². The molecule has 2 aromatic carbocycles. The zero-order valence-electron chi connectivity index (χ0n) is 14.5. The number of amides is 1. The average molecular weight is 618 g/mol. The molecule has 0 saturated heterocycles. The molecule has 2 aromatic rings. The standard InChI is InChI=1S/C19H12I2N2O6/c20-14-5-10(6-15(21)17(14)29-9-16(24)25)4-12(8-22)18(26)23-13-3-1-2-11(7-13)19(27)28/h1-7H,9H2,(H,23,26)(H,24,25)(H,27,28)/b12-4-. The number of nitriles is 1. The molecule has 0 aliphatic carbocycles. The molecule has 148 valence electrons. The summed E-state index contributed by atoms with van der Waals surface area (Å²) in [4.78, 5) is 34.1. The summed E-state index contributed by atoms with van der Waals surface area (Å²) < 4.78 is 6.48. The van der Waals surface area contributed by atoms with Crippen molar-refractivity contribution in [3.63, 3.8) is 0 Å². The van der Waals surface area contributed by atoms with Crippen LogP contribution in [-0.2, 0) is 9.59 Å². The van der Waals surface area contributed by atoms with Gasteiger partial charge >= 0.3 is 11.9 Å². The van der Waals surface area contributed by atoms with E-state index in [-0.39, 0.29) is 16.8 Å². The van der Waals surface area contributed by atoms with Crippen LogP contribution in [0.5, 0.6) is 5.75 Å². The van der Waals surface area contributed by atoms with Crippen molar-refractivity contribution >= 4 is 74.8 Å². The van der Waals surface area contributed by atoms with Crippen molar-refractivity contribution in [2.75, 3.05) is 11.9 Å². The van der Waals surface area contributed by atoms with Gasteiger partial charge in [0.1, 0.15) is 17.4 Å². The Hall–Kier alpha value is -2.66. The number of ether oxygens (including phenoxy) is 1. The van der Waals surface area contributed by atoms with Crippen LogP contribution >= 0.6 is 45.2 Å². The number of carbonyl (C=O) groups excluding carboxylic acids is 1. The maximum absolute atomic E-state index is 12.4. The lowest BCUT2D eigenvalue weighted by molar-refractivity contribution is -0.139. The molecule has 29 heavy (non-hydrogen) atoms. The second kappa shape index (κ2) is 10.2. The normalized spacial score (nSPS) is 10.7. The highest BCUT2D eigenvalue weighted by molar-refractivity contribution is 14.1. The highest BCUT2D eigenvalue weighted by Crippen LogP contribution is 2.30. The maximum atomic E-state index is 12.4. The van der Waals surface area contributed by atoms with Crippen molar-refractivity contribution < 1.29 is 29.3 Å². The summed E-state index contributed by atoms with van der Waals surface area (Å²) in [6.07, 6.45) is 1.38. The van der Waals surface area contributed by atoms with E-state index in [1.54, 1.807) is 12.1 Å². The maximum Gasteiger partial charge on any atom is 0.341 e. The molecule has 0 aliphatic heterocycles. The lowest BCUT2D eigenvalue weighted by atomic mass is 10.1. The third kappa shape index (κ3) is 6.43. The van der Waals surface area contributed by atoms with Gasteiger partial charge in [-0.1, -0.05) is 6.07 Å². The minimum absolute atomic E-state index is 0.00587. The fourth-order valence-corrected chi connectivity index (χ4v) is 4.31. The Balaban J connectivity index is 2.26. The molecule has 8 nitrogen and oxygen atoms in total. The van der Waals surface area contributed by atoms with Gasteiger partial charge in [-0.3, -0.25) is 4.79 Å². The number of carboxylic acid groups (broad SMARTS) is 2. The van der Waals surface area contributed by atoms with Crippen molar-refractivity contribution in [3.05, 3.63) is 60.2 Å². The number of carboxylic acids is 2. The van der Waals surface area contributed by atoms with E-state index in [1.165, 1.54) is 30.3 Å². The summed E-state index contributed by atoms with van der Waals surface area (Å²) in [5, 5.41) is 29.6. The highest BCUT2D eigenvalue weighted by Gasteiger charge is 2.14. The minimum atomic E-state index is -1.13. The predicted molar refractivity (Wildman–Crippen MR) is 121 cm³/mol. The Morgan fingerprint density at radius 2 is 1.79 bits per heavy atom. The summed E-state index contributed by atoms with van der Waals surface area (Å²) in [6.45, 7) is -0.484. The Morgan fingerprint density at radius 3 is 2.34 bits per heavy atom. The fraction of sp³-hybridized carbons (Fsp3) is 0.0526. The number of nitrogens with one attached hydrogen (secondary N) is 1. The molecule has 0 bridgehead atoms. The van der Waals surface area contributed by atoms with Crippen LogP contribution in [-0.4, -0.2) is 34.7 Å². The Bertz CT molecular complexity index is 1040. The third-order valence-corrected chi connectivity index (χ3v) is 5.01. The Morgan fingerprint density at radius 1 is 1.14 bits per heavy atom. The van der Waals surface area contributed by atoms with Gasteiger partial charge in [-0.15, -0.1) is 0 Å². The smallest absolute Gasteiger partial charge is 0.341 e. The molecule has 3 N–H and O–H groups in total. The lowest BCUT2D eigenvalue weighted by Gasteiger charge is -2.10. The van der Waals surface area contributed by atoms with Gasteiger partial charge in [0.25, 0.3) is 5.91 Å². The van der Waals surface area contributed by atoms with E-state index >= 15 is 0 Å². The largest absolute Gasteiger partial charge is 0.480 e. The second-order valence-electron chi connectivity index (χ2n) is 5.51. The van der Waals surface area contributed by atoms with E-state index in [0.29, 0.717) is 18.5 Å². The first-order valence-electron chi connectivity index (χ1n) is 7.81. The number of hydrogen-bond acceptors (Lipinski definition) is 5. The molecule has 0 atom stereocenters. The van der Waals surface area contributed by atoms with Crippen molar-refractivity contribution in [2.24, 2.45) is 0 Å². The molecule has 0 radical (unpaired) electrons. The molecule has 0 saturated carbocycles. The number of aromatic carboxylic acids is 1. The van der Waals surface area contributed by atoms with Crippen LogP contribution in [0.25, 0.3) is 6.08 Å². The van der Waals surface area contributed by atoms with Crippen molar-refractivity contribution in [2.45, 2.75) is 0 Å². The molecule has 0 fully saturated rings. The topological polar surface area (TPSA) is 137 Å². The van der Waals surface area contributed by atoms with Crippen LogP contribution in [0.2, 0.25) is 0 Å². The first-order valence-corrected chi connectivity index (χ1v) is 9.97. The molecule has 1 amide bonds. The number of halogens is 2. The van der Waals surface area contributed by atoms with E-state index in [2.05, 4.69) is 5.32 Å². The van der Waals surface area contributed by atoms with E-state index in [4.69, 9.17) is 14.9 Å². The number of rotatable bonds is 7. The number of benzene rings is 2. The Kier molecular flexibility index (Phi) is 7.97. The van der Waals surface area contributed by atoms with E-state index in [1.807, 2.05) is 51.3 Å². The van der Waals surface area contributed by atoms with E-state index in [0.717, 1.165) is 0 Å². The zero-order valence-corrected chi connectivity index (χ0v) is 18.8. The molecule has 0 aliphatic rings. The molecule has 0 heterocycles. The fourth-order valence-electron chi connectivity index (χ4n) is 2.18. The summed E-state index contributed by atoms with van der Waals surface area (Å²) >= 11 is 3.94. The van der Waals surface area contributed by atoms with Crippen LogP contribution in [0, 0.1) is 18.5 Å². The van der Waals surface area contributed by atoms with Crippen LogP contribution < -0.4 is 10.1 Å².